The standard InChI is InChI=1S/C23H21BrN2O5/c24-15-4-5-16-17(12-15)23(29)26(22(16)28)8-7-20(27)25-21(13-1-2-13)14-3-6-18-19(11-14)31-10-9-30-18/h3-6,11-13,21H,1-2,7-10H2,(H,25,27). The van der Waals surface area contributed by atoms with Gasteiger partial charge in [0.25, 0.3) is 11.8 Å². The van der Waals surface area contributed by atoms with E-state index in [-0.39, 0.29) is 36.7 Å². The number of carbonyl (C=O) groups excluding carboxylic acids is 3. The summed E-state index contributed by atoms with van der Waals surface area (Å²) in [4.78, 5) is 39.0. The van der Waals surface area contributed by atoms with Crippen LogP contribution in [0.25, 0.3) is 0 Å². The van der Waals surface area contributed by atoms with Gasteiger partial charge in [0.1, 0.15) is 13.2 Å². The van der Waals surface area contributed by atoms with E-state index in [1.165, 1.54) is 0 Å². The van der Waals surface area contributed by atoms with Gasteiger partial charge in [-0.15, -0.1) is 0 Å². The molecule has 2 heterocycles. The number of amides is 3. The Morgan fingerprint density at radius 3 is 2.55 bits per heavy atom. The molecular weight excluding hydrogens is 464 g/mol. The zero-order chi connectivity index (χ0) is 21.5. The molecule has 0 spiro atoms. The van der Waals surface area contributed by atoms with Gasteiger partial charge in [0.05, 0.1) is 17.2 Å². The number of carbonyl (C=O) groups is 3. The predicted molar refractivity (Wildman–Crippen MR) is 115 cm³/mol. The summed E-state index contributed by atoms with van der Waals surface area (Å²) in [5.41, 5.74) is 1.72. The van der Waals surface area contributed by atoms with Gasteiger partial charge in [-0.25, -0.2) is 0 Å². The molecule has 1 fully saturated rings. The third-order valence-electron chi connectivity index (χ3n) is 5.83. The van der Waals surface area contributed by atoms with E-state index in [4.69, 9.17) is 9.47 Å². The lowest BCUT2D eigenvalue weighted by molar-refractivity contribution is -0.122. The summed E-state index contributed by atoms with van der Waals surface area (Å²) in [7, 11) is 0. The van der Waals surface area contributed by atoms with Crippen molar-refractivity contribution in [2.24, 2.45) is 5.92 Å². The maximum absolute atomic E-state index is 12.7. The van der Waals surface area contributed by atoms with Gasteiger partial charge in [0, 0.05) is 17.4 Å². The Morgan fingerprint density at radius 2 is 1.77 bits per heavy atom. The summed E-state index contributed by atoms with van der Waals surface area (Å²) in [5.74, 6) is 0.882. The third-order valence-corrected chi connectivity index (χ3v) is 6.32. The first-order chi connectivity index (χ1) is 15.0. The lowest BCUT2D eigenvalue weighted by Crippen LogP contribution is -2.36. The van der Waals surface area contributed by atoms with Gasteiger partial charge in [-0.1, -0.05) is 22.0 Å². The van der Waals surface area contributed by atoms with Gasteiger partial charge in [-0.3, -0.25) is 19.3 Å². The molecule has 0 aromatic heterocycles. The van der Waals surface area contributed by atoms with Crippen molar-refractivity contribution in [3.8, 4) is 11.5 Å². The molecule has 1 saturated carbocycles. The molecule has 5 rings (SSSR count). The van der Waals surface area contributed by atoms with Crippen molar-refractivity contribution >= 4 is 33.7 Å². The number of nitrogens with one attached hydrogen (secondary N) is 1. The van der Waals surface area contributed by atoms with E-state index in [0.29, 0.717) is 41.8 Å². The second-order valence-electron chi connectivity index (χ2n) is 7.99. The van der Waals surface area contributed by atoms with Crippen molar-refractivity contribution in [2.45, 2.75) is 25.3 Å². The molecular formula is C23H21BrN2O5. The molecule has 3 aliphatic rings. The highest BCUT2D eigenvalue weighted by Crippen LogP contribution is 2.43. The van der Waals surface area contributed by atoms with E-state index in [9.17, 15) is 14.4 Å². The first-order valence-corrected chi connectivity index (χ1v) is 11.2. The molecule has 160 valence electrons. The van der Waals surface area contributed by atoms with Gasteiger partial charge in [0.2, 0.25) is 5.91 Å². The van der Waals surface area contributed by atoms with Crippen LogP contribution in [0.2, 0.25) is 0 Å². The quantitative estimate of drug-likeness (QED) is 0.634. The Kier molecular flexibility index (Phi) is 5.17. The number of ether oxygens (including phenoxy) is 2. The fourth-order valence-electron chi connectivity index (χ4n) is 4.08. The van der Waals surface area contributed by atoms with Crippen LogP contribution in [0.3, 0.4) is 0 Å². The maximum Gasteiger partial charge on any atom is 0.261 e. The molecule has 31 heavy (non-hydrogen) atoms. The number of imide groups is 1. The molecule has 2 aromatic carbocycles. The minimum atomic E-state index is -0.361. The molecule has 0 radical (unpaired) electrons. The van der Waals surface area contributed by atoms with Crippen LogP contribution in [0.1, 0.15) is 51.6 Å². The minimum Gasteiger partial charge on any atom is -0.486 e. The molecule has 0 saturated heterocycles. The second-order valence-corrected chi connectivity index (χ2v) is 8.90. The number of rotatable bonds is 6. The molecule has 3 amide bonds. The molecule has 1 unspecified atom stereocenters. The van der Waals surface area contributed by atoms with E-state index in [0.717, 1.165) is 27.8 Å². The topological polar surface area (TPSA) is 84.9 Å². The number of halogens is 1. The second kappa shape index (κ2) is 8.00. The summed E-state index contributed by atoms with van der Waals surface area (Å²) in [6.45, 7) is 1.09. The number of nitrogens with zero attached hydrogens (tertiary/aromatic N) is 1. The van der Waals surface area contributed by atoms with Crippen molar-refractivity contribution in [3.05, 3.63) is 57.6 Å². The van der Waals surface area contributed by atoms with Gasteiger partial charge in [-0.2, -0.15) is 0 Å². The van der Waals surface area contributed by atoms with Crippen LogP contribution in [0.4, 0.5) is 0 Å². The highest BCUT2D eigenvalue weighted by atomic mass is 79.9. The molecule has 2 aromatic rings. The van der Waals surface area contributed by atoms with E-state index >= 15 is 0 Å². The van der Waals surface area contributed by atoms with Crippen LogP contribution in [-0.4, -0.2) is 42.4 Å². The van der Waals surface area contributed by atoms with Crippen molar-refractivity contribution < 1.29 is 23.9 Å². The Bertz CT molecular complexity index is 1080. The summed E-state index contributed by atoms with van der Waals surface area (Å²) >= 11 is 3.32. The Morgan fingerprint density at radius 1 is 1.03 bits per heavy atom. The zero-order valence-corrected chi connectivity index (χ0v) is 18.3. The summed E-state index contributed by atoms with van der Waals surface area (Å²) in [6, 6.07) is 10.6. The fraction of sp³-hybridized carbons (Fsp3) is 0.348. The fourth-order valence-corrected chi connectivity index (χ4v) is 4.44. The molecule has 7 nitrogen and oxygen atoms in total. The van der Waals surface area contributed by atoms with Crippen molar-refractivity contribution in [2.75, 3.05) is 19.8 Å². The highest BCUT2D eigenvalue weighted by Gasteiger charge is 2.37. The van der Waals surface area contributed by atoms with Crippen molar-refractivity contribution in [3.63, 3.8) is 0 Å². The third kappa shape index (κ3) is 3.92. The number of hydrogen-bond acceptors (Lipinski definition) is 5. The molecule has 2 aliphatic heterocycles. The molecule has 1 aliphatic carbocycles. The largest absolute Gasteiger partial charge is 0.486 e. The summed E-state index contributed by atoms with van der Waals surface area (Å²) in [5, 5.41) is 3.09. The van der Waals surface area contributed by atoms with Crippen LogP contribution in [0, 0.1) is 5.92 Å². The smallest absolute Gasteiger partial charge is 0.261 e. The Balaban J connectivity index is 1.25. The van der Waals surface area contributed by atoms with Crippen LogP contribution in [0.5, 0.6) is 11.5 Å². The van der Waals surface area contributed by atoms with Crippen LogP contribution in [0.15, 0.2) is 40.9 Å². The average molecular weight is 485 g/mol. The van der Waals surface area contributed by atoms with Gasteiger partial charge < -0.3 is 14.8 Å². The number of hydrogen-bond donors (Lipinski definition) is 1. The van der Waals surface area contributed by atoms with Crippen LogP contribution >= 0.6 is 15.9 Å². The van der Waals surface area contributed by atoms with Crippen LogP contribution in [-0.2, 0) is 4.79 Å². The Labute approximate surface area is 187 Å². The predicted octanol–water partition coefficient (Wildman–Crippen LogP) is 3.47. The first-order valence-electron chi connectivity index (χ1n) is 10.4. The summed E-state index contributed by atoms with van der Waals surface area (Å²) < 4.78 is 12.0. The lowest BCUT2D eigenvalue weighted by Gasteiger charge is -2.23. The maximum atomic E-state index is 12.7. The average Bonchev–Trinajstić information content (AvgIpc) is 3.58. The number of benzene rings is 2. The zero-order valence-electron chi connectivity index (χ0n) is 16.7. The van der Waals surface area contributed by atoms with E-state index in [2.05, 4.69) is 21.2 Å². The Hall–Kier alpha value is -2.87. The van der Waals surface area contributed by atoms with Gasteiger partial charge in [0.15, 0.2) is 11.5 Å². The van der Waals surface area contributed by atoms with E-state index < -0.39 is 0 Å². The molecule has 8 heteroatoms. The minimum absolute atomic E-state index is 0.0499. The molecule has 1 atom stereocenters. The number of fused-ring (bicyclic) bond motifs is 2. The lowest BCUT2D eigenvalue weighted by atomic mass is 10.0. The summed E-state index contributed by atoms with van der Waals surface area (Å²) in [6.07, 6.45) is 2.15. The first kappa shape index (κ1) is 20.1. The van der Waals surface area contributed by atoms with Crippen LogP contribution < -0.4 is 14.8 Å². The molecule has 1 N–H and O–H groups in total. The van der Waals surface area contributed by atoms with E-state index in [1.807, 2.05) is 18.2 Å². The van der Waals surface area contributed by atoms with Crippen molar-refractivity contribution in [1.29, 1.82) is 0 Å². The monoisotopic (exact) mass is 484 g/mol. The van der Waals surface area contributed by atoms with E-state index in [1.54, 1.807) is 18.2 Å². The molecule has 0 bridgehead atoms. The highest BCUT2D eigenvalue weighted by molar-refractivity contribution is 9.10. The van der Waals surface area contributed by atoms with Gasteiger partial charge >= 0.3 is 0 Å². The van der Waals surface area contributed by atoms with Gasteiger partial charge in [-0.05, 0) is 54.7 Å². The van der Waals surface area contributed by atoms with Crippen molar-refractivity contribution in [1.82, 2.24) is 10.2 Å². The SMILES string of the molecule is O=C(CCN1C(=O)c2ccc(Br)cc2C1=O)NC(c1ccc2c(c1)OCCO2)C1CC1. The normalized spacial score (nSPS) is 18.0.